The minimum atomic E-state index is -4.56. The summed E-state index contributed by atoms with van der Waals surface area (Å²) >= 11 is 0. The maximum Gasteiger partial charge on any atom is 0.417 e. The summed E-state index contributed by atoms with van der Waals surface area (Å²) in [6.07, 6.45) is -4.56. The Bertz CT molecular complexity index is 606. The molecule has 1 aliphatic heterocycles. The molecule has 8 heteroatoms. The zero-order valence-electron chi connectivity index (χ0n) is 13.4. The van der Waals surface area contributed by atoms with E-state index in [1.165, 1.54) is 6.07 Å². The zero-order valence-corrected chi connectivity index (χ0v) is 13.4. The molecule has 24 heavy (non-hydrogen) atoms. The van der Waals surface area contributed by atoms with Crippen LogP contribution < -0.4 is 5.32 Å². The van der Waals surface area contributed by atoms with E-state index in [1.807, 2.05) is 0 Å². The third kappa shape index (κ3) is 5.09. The molecule has 132 valence electrons. The number of benzene rings is 1. The number of anilines is 1. The lowest BCUT2D eigenvalue weighted by atomic mass is 10.0. The van der Waals surface area contributed by atoms with Crippen molar-refractivity contribution < 1.29 is 23.0 Å². The molecule has 0 saturated carbocycles. The summed E-state index contributed by atoms with van der Waals surface area (Å²) < 4.78 is 43.6. The molecule has 0 radical (unpaired) electrons. The summed E-state index contributed by atoms with van der Waals surface area (Å²) in [5.74, 6) is 0. The van der Waals surface area contributed by atoms with Crippen molar-refractivity contribution in [1.82, 2.24) is 4.90 Å². The van der Waals surface area contributed by atoms with Crippen molar-refractivity contribution in [2.45, 2.75) is 18.7 Å². The van der Waals surface area contributed by atoms with Crippen LogP contribution in [0, 0.1) is 11.3 Å². The highest BCUT2D eigenvalue weighted by atomic mass is 19.4. The summed E-state index contributed by atoms with van der Waals surface area (Å²) in [5, 5.41) is 22.3. The van der Waals surface area contributed by atoms with Gasteiger partial charge >= 0.3 is 6.18 Å². The van der Waals surface area contributed by atoms with Crippen molar-refractivity contribution in [2.75, 3.05) is 44.7 Å². The fraction of sp³-hybridized carbons (Fsp3) is 0.562. The van der Waals surface area contributed by atoms with Gasteiger partial charge in [0.15, 0.2) is 0 Å². The van der Waals surface area contributed by atoms with E-state index in [0.717, 1.165) is 25.2 Å². The number of hydrogen-bond acceptors (Lipinski definition) is 5. The Morgan fingerprint density at radius 1 is 1.33 bits per heavy atom. The molecule has 0 aliphatic carbocycles. The molecule has 1 heterocycles. The fourth-order valence-electron chi connectivity index (χ4n) is 2.58. The van der Waals surface area contributed by atoms with E-state index in [2.05, 4.69) is 10.2 Å². The van der Waals surface area contributed by atoms with E-state index in [-0.39, 0.29) is 6.54 Å². The van der Waals surface area contributed by atoms with Crippen LogP contribution in [0.5, 0.6) is 0 Å². The summed E-state index contributed by atoms with van der Waals surface area (Å²) in [6, 6.07) is 4.84. The first-order valence-corrected chi connectivity index (χ1v) is 7.59. The van der Waals surface area contributed by atoms with Gasteiger partial charge in [0.1, 0.15) is 0 Å². The van der Waals surface area contributed by atoms with Crippen molar-refractivity contribution in [1.29, 1.82) is 5.26 Å². The molecule has 1 fully saturated rings. The smallest absolute Gasteiger partial charge is 0.387 e. The van der Waals surface area contributed by atoms with Crippen LogP contribution in [0.2, 0.25) is 0 Å². The van der Waals surface area contributed by atoms with Crippen LogP contribution in [0.1, 0.15) is 18.1 Å². The second kappa shape index (κ2) is 7.38. The molecule has 0 bridgehead atoms. The summed E-state index contributed by atoms with van der Waals surface area (Å²) in [7, 11) is 0. The van der Waals surface area contributed by atoms with Gasteiger partial charge in [0, 0.05) is 31.9 Å². The number of halogens is 3. The van der Waals surface area contributed by atoms with Crippen LogP contribution in [0.4, 0.5) is 18.9 Å². The van der Waals surface area contributed by atoms with Crippen LogP contribution >= 0.6 is 0 Å². The average molecular weight is 343 g/mol. The molecule has 1 aromatic carbocycles. The van der Waals surface area contributed by atoms with Crippen molar-refractivity contribution in [3.63, 3.8) is 0 Å². The molecule has 1 saturated heterocycles. The summed E-state index contributed by atoms with van der Waals surface area (Å²) in [6.45, 7) is 4.94. The van der Waals surface area contributed by atoms with Gasteiger partial charge in [0.2, 0.25) is 0 Å². The molecule has 0 aromatic heterocycles. The van der Waals surface area contributed by atoms with E-state index in [0.29, 0.717) is 25.4 Å². The van der Waals surface area contributed by atoms with E-state index < -0.39 is 22.9 Å². The van der Waals surface area contributed by atoms with Crippen LogP contribution in [-0.4, -0.2) is 55.0 Å². The predicted octanol–water partition coefficient (Wildman–Crippen LogP) is 2.07. The van der Waals surface area contributed by atoms with Gasteiger partial charge in [-0.25, -0.2) is 0 Å². The number of morpholine rings is 1. The SMILES string of the molecule is CC(O)(CNc1ccc(C(F)(F)F)c(C#N)c1)CN1CCOCC1. The number of alkyl halides is 3. The molecule has 0 amide bonds. The highest BCUT2D eigenvalue weighted by molar-refractivity contribution is 5.53. The molecular formula is C16H20F3N3O2. The second-order valence-corrected chi connectivity index (χ2v) is 6.11. The van der Waals surface area contributed by atoms with Gasteiger partial charge in [-0.3, -0.25) is 4.90 Å². The maximum atomic E-state index is 12.8. The number of ether oxygens (including phenoxy) is 1. The highest BCUT2D eigenvalue weighted by Gasteiger charge is 2.33. The van der Waals surface area contributed by atoms with Crippen molar-refractivity contribution >= 4 is 5.69 Å². The molecular weight excluding hydrogens is 323 g/mol. The third-order valence-electron chi connectivity index (χ3n) is 3.79. The highest BCUT2D eigenvalue weighted by Crippen LogP contribution is 2.33. The lowest BCUT2D eigenvalue weighted by molar-refractivity contribution is -0.137. The van der Waals surface area contributed by atoms with E-state index in [9.17, 15) is 18.3 Å². The van der Waals surface area contributed by atoms with Crippen LogP contribution in [0.25, 0.3) is 0 Å². The van der Waals surface area contributed by atoms with Crippen LogP contribution in [-0.2, 0) is 10.9 Å². The number of nitriles is 1. The van der Waals surface area contributed by atoms with Gasteiger partial charge in [-0.05, 0) is 25.1 Å². The number of hydrogen-bond donors (Lipinski definition) is 2. The Morgan fingerprint density at radius 2 is 2.00 bits per heavy atom. The van der Waals surface area contributed by atoms with Gasteiger partial charge in [0.05, 0.1) is 36.0 Å². The largest absolute Gasteiger partial charge is 0.417 e. The fourth-order valence-corrected chi connectivity index (χ4v) is 2.58. The maximum absolute atomic E-state index is 12.8. The van der Waals surface area contributed by atoms with Gasteiger partial charge in [0.25, 0.3) is 0 Å². The molecule has 5 nitrogen and oxygen atoms in total. The Balaban J connectivity index is 1.99. The molecule has 2 N–H and O–H groups in total. The lowest BCUT2D eigenvalue weighted by Gasteiger charge is -2.34. The van der Waals surface area contributed by atoms with E-state index >= 15 is 0 Å². The van der Waals surface area contributed by atoms with Gasteiger partial charge in [-0.15, -0.1) is 0 Å². The molecule has 1 aliphatic rings. The van der Waals surface area contributed by atoms with Gasteiger partial charge in [-0.2, -0.15) is 18.4 Å². The van der Waals surface area contributed by atoms with Crippen molar-refractivity contribution in [2.24, 2.45) is 0 Å². The quantitative estimate of drug-likeness (QED) is 0.857. The third-order valence-corrected chi connectivity index (χ3v) is 3.79. The number of rotatable bonds is 5. The van der Waals surface area contributed by atoms with Crippen LogP contribution in [0.3, 0.4) is 0 Å². The first-order valence-electron chi connectivity index (χ1n) is 7.59. The number of nitrogens with zero attached hydrogens (tertiary/aromatic N) is 2. The first-order chi connectivity index (χ1) is 11.2. The van der Waals surface area contributed by atoms with Gasteiger partial charge < -0.3 is 15.2 Å². The molecule has 2 rings (SSSR count). The number of aliphatic hydroxyl groups is 1. The Kier molecular flexibility index (Phi) is 5.70. The molecule has 1 aromatic rings. The Labute approximate surface area is 138 Å². The molecule has 0 spiro atoms. The minimum Gasteiger partial charge on any atom is -0.387 e. The monoisotopic (exact) mass is 343 g/mol. The zero-order chi connectivity index (χ0) is 17.8. The van der Waals surface area contributed by atoms with E-state index in [1.54, 1.807) is 13.0 Å². The topological polar surface area (TPSA) is 68.5 Å². The normalized spacial score (nSPS) is 18.7. The molecule has 1 unspecified atom stereocenters. The second-order valence-electron chi connectivity index (χ2n) is 6.11. The Hall–Kier alpha value is -1.82. The van der Waals surface area contributed by atoms with Crippen LogP contribution in [0.15, 0.2) is 18.2 Å². The van der Waals surface area contributed by atoms with Crippen molar-refractivity contribution in [3.05, 3.63) is 29.3 Å². The summed E-state index contributed by atoms with van der Waals surface area (Å²) in [5.41, 5.74) is -2.11. The summed E-state index contributed by atoms with van der Waals surface area (Å²) in [4.78, 5) is 2.07. The lowest BCUT2D eigenvalue weighted by Crippen LogP contribution is -2.49. The average Bonchev–Trinajstić information content (AvgIpc) is 2.52. The molecule has 1 atom stereocenters. The predicted molar refractivity (Wildman–Crippen MR) is 82.5 cm³/mol. The Morgan fingerprint density at radius 3 is 2.58 bits per heavy atom. The number of β-amino-alcohol motifs (C(OH)–C–C–N with tert-alkyl or cyclic N) is 1. The number of nitrogens with one attached hydrogen (secondary N) is 1. The minimum absolute atomic E-state index is 0.153. The van der Waals surface area contributed by atoms with Crippen molar-refractivity contribution in [3.8, 4) is 6.07 Å². The van der Waals surface area contributed by atoms with Gasteiger partial charge in [-0.1, -0.05) is 0 Å². The standard InChI is InChI=1S/C16H20F3N3O2/c1-15(23,11-22-4-6-24-7-5-22)10-21-13-2-3-14(16(17,18)19)12(8-13)9-20/h2-3,8,21,23H,4-7,10-11H2,1H3. The first kappa shape index (κ1) is 18.5. The van der Waals surface area contributed by atoms with E-state index in [4.69, 9.17) is 10.00 Å².